The van der Waals surface area contributed by atoms with Gasteiger partial charge >= 0.3 is 0 Å². The van der Waals surface area contributed by atoms with E-state index >= 15 is 0 Å². The molecule has 1 unspecified atom stereocenters. The van der Waals surface area contributed by atoms with Gasteiger partial charge in [0.25, 0.3) is 0 Å². The molecule has 1 heterocycles. The second-order valence-electron chi connectivity index (χ2n) is 4.05. The highest BCUT2D eigenvalue weighted by molar-refractivity contribution is 4.87. The molecule has 86 valence electrons. The van der Waals surface area contributed by atoms with Crippen molar-refractivity contribution < 1.29 is 4.74 Å². The van der Waals surface area contributed by atoms with E-state index in [9.17, 15) is 0 Å². The molecule has 1 atom stereocenters. The summed E-state index contributed by atoms with van der Waals surface area (Å²) in [6.07, 6.45) is 4.56. The van der Waals surface area contributed by atoms with Gasteiger partial charge in [0.2, 0.25) is 0 Å². The molecule has 1 aromatic rings. The van der Waals surface area contributed by atoms with Gasteiger partial charge in [0.1, 0.15) is 5.82 Å². The number of rotatable bonds is 7. The highest BCUT2D eigenvalue weighted by Crippen LogP contribution is 2.01. The number of imidazole rings is 1. The van der Waals surface area contributed by atoms with Crippen LogP contribution in [0.4, 0.5) is 0 Å². The molecule has 1 aromatic heterocycles. The van der Waals surface area contributed by atoms with Crippen LogP contribution in [0, 0.1) is 5.92 Å². The van der Waals surface area contributed by atoms with Crippen molar-refractivity contribution in [2.75, 3.05) is 20.3 Å². The van der Waals surface area contributed by atoms with Gasteiger partial charge < -0.3 is 15.0 Å². The molecule has 0 aliphatic rings. The zero-order valence-electron chi connectivity index (χ0n) is 9.79. The molecule has 0 aliphatic heterocycles. The molecule has 0 saturated heterocycles. The van der Waals surface area contributed by atoms with Gasteiger partial charge in [-0.25, -0.2) is 4.98 Å². The molecule has 1 rings (SSSR count). The van der Waals surface area contributed by atoms with Crippen molar-refractivity contribution in [1.29, 1.82) is 0 Å². The van der Waals surface area contributed by atoms with Crippen LogP contribution in [0.25, 0.3) is 0 Å². The predicted octanol–water partition coefficient (Wildman–Crippen LogP) is 1.21. The Kier molecular flexibility index (Phi) is 5.36. The fraction of sp³-hybridized carbons (Fsp3) is 0.727. The number of aromatic amines is 1. The van der Waals surface area contributed by atoms with Crippen LogP contribution >= 0.6 is 0 Å². The Bertz CT molecular complexity index is 246. The minimum Gasteiger partial charge on any atom is -0.383 e. The van der Waals surface area contributed by atoms with E-state index in [1.54, 1.807) is 13.3 Å². The average molecular weight is 211 g/mol. The van der Waals surface area contributed by atoms with Crippen LogP contribution in [-0.4, -0.2) is 36.3 Å². The molecule has 0 radical (unpaired) electrons. The fourth-order valence-corrected chi connectivity index (χ4v) is 1.48. The third-order valence-electron chi connectivity index (χ3n) is 2.47. The van der Waals surface area contributed by atoms with E-state index < -0.39 is 0 Å². The first-order chi connectivity index (χ1) is 7.24. The Hall–Kier alpha value is -0.870. The first kappa shape index (κ1) is 12.2. The number of nitrogens with zero attached hydrogens (tertiary/aromatic N) is 1. The van der Waals surface area contributed by atoms with E-state index in [-0.39, 0.29) is 0 Å². The average Bonchev–Trinajstić information content (AvgIpc) is 2.69. The van der Waals surface area contributed by atoms with Crippen molar-refractivity contribution in [3.63, 3.8) is 0 Å². The van der Waals surface area contributed by atoms with Crippen LogP contribution in [0.15, 0.2) is 12.4 Å². The quantitative estimate of drug-likeness (QED) is 0.713. The molecule has 0 fully saturated rings. The summed E-state index contributed by atoms with van der Waals surface area (Å²) >= 11 is 0. The van der Waals surface area contributed by atoms with Crippen molar-refractivity contribution in [3.05, 3.63) is 18.2 Å². The van der Waals surface area contributed by atoms with Crippen molar-refractivity contribution in [1.82, 2.24) is 15.3 Å². The first-order valence-electron chi connectivity index (χ1n) is 5.44. The third-order valence-corrected chi connectivity index (χ3v) is 2.47. The number of nitrogens with one attached hydrogen (secondary N) is 2. The topological polar surface area (TPSA) is 49.9 Å². The van der Waals surface area contributed by atoms with Crippen LogP contribution in [0.5, 0.6) is 0 Å². The highest BCUT2D eigenvalue weighted by Gasteiger charge is 2.11. The smallest absolute Gasteiger partial charge is 0.107 e. The van der Waals surface area contributed by atoms with Gasteiger partial charge in [0, 0.05) is 38.5 Å². The van der Waals surface area contributed by atoms with Crippen LogP contribution < -0.4 is 5.32 Å². The molecule has 0 spiro atoms. The zero-order chi connectivity index (χ0) is 11.1. The van der Waals surface area contributed by atoms with Gasteiger partial charge in [-0.3, -0.25) is 0 Å². The second-order valence-corrected chi connectivity index (χ2v) is 4.05. The minimum atomic E-state index is 0.421. The number of hydrogen-bond acceptors (Lipinski definition) is 3. The summed E-state index contributed by atoms with van der Waals surface area (Å²) in [6, 6.07) is 0.421. The summed E-state index contributed by atoms with van der Waals surface area (Å²) in [5.74, 6) is 1.61. The maximum Gasteiger partial charge on any atom is 0.107 e. The third kappa shape index (κ3) is 4.44. The Morgan fingerprint density at radius 3 is 2.87 bits per heavy atom. The lowest BCUT2D eigenvalue weighted by molar-refractivity contribution is 0.147. The molecule has 15 heavy (non-hydrogen) atoms. The van der Waals surface area contributed by atoms with E-state index in [4.69, 9.17) is 4.74 Å². The van der Waals surface area contributed by atoms with Gasteiger partial charge in [-0.05, 0) is 5.92 Å². The van der Waals surface area contributed by atoms with Crippen molar-refractivity contribution >= 4 is 0 Å². The van der Waals surface area contributed by atoms with Crippen LogP contribution in [0.2, 0.25) is 0 Å². The number of ether oxygens (including phenoxy) is 1. The van der Waals surface area contributed by atoms with Gasteiger partial charge in [-0.1, -0.05) is 13.8 Å². The number of H-pyrrole nitrogens is 1. The summed E-state index contributed by atoms with van der Waals surface area (Å²) in [5, 5.41) is 3.47. The maximum atomic E-state index is 5.17. The molecule has 2 N–H and O–H groups in total. The lowest BCUT2D eigenvalue weighted by Crippen LogP contribution is -2.38. The molecule has 0 amide bonds. The number of methoxy groups -OCH3 is 1. The molecular formula is C11H21N3O. The van der Waals surface area contributed by atoms with Gasteiger partial charge in [0.05, 0.1) is 6.61 Å². The number of hydrogen-bond donors (Lipinski definition) is 2. The van der Waals surface area contributed by atoms with Gasteiger partial charge in [0.15, 0.2) is 0 Å². The predicted molar refractivity (Wildman–Crippen MR) is 60.8 cm³/mol. The van der Waals surface area contributed by atoms with E-state index in [0.29, 0.717) is 12.0 Å². The minimum absolute atomic E-state index is 0.421. The van der Waals surface area contributed by atoms with Crippen molar-refractivity contribution in [2.45, 2.75) is 26.3 Å². The Morgan fingerprint density at radius 1 is 1.53 bits per heavy atom. The molecule has 4 heteroatoms. The molecule has 0 aromatic carbocycles. The molecule has 0 saturated carbocycles. The van der Waals surface area contributed by atoms with Crippen LogP contribution in [0.1, 0.15) is 19.7 Å². The molecule has 4 nitrogen and oxygen atoms in total. The lowest BCUT2D eigenvalue weighted by Gasteiger charge is -2.21. The standard InChI is InChI=1S/C11H21N3O/c1-9(2)10(8-15-3)12-5-4-11-13-6-7-14-11/h6-7,9-10,12H,4-5,8H2,1-3H3,(H,13,14). The van der Waals surface area contributed by atoms with E-state index in [1.165, 1.54) is 0 Å². The summed E-state index contributed by atoms with van der Waals surface area (Å²) in [6.45, 7) is 6.09. The van der Waals surface area contributed by atoms with E-state index in [1.807, 2.05) is 6.20 Å². The van der Waals surface area contributed by atoms with Crippen molar-refractivity contribution in [2.24, 2.45) is 5.92 Å². The van der Waals surface area contributed by atoms with Crippen LogP contribution in [0.3, 0.4) is 0 Å². The number of aromatic nitrogens is 2. The lowest BCUT2D eigenvalue weighted by atomic mass is 10.1. The maximum absolute atomic E-state index is 5.17. The SMILES string of the molecule is COCC(NCCc1ncc[nH]1)C(C)C. The zero-order valence-corrected chi connectivity index (χ0v) is 9.79. The fourth-order valence-electron chi connectivity index (χ4n) is 1.48. The molecule has 0 bridgehead atoms. The van der Waals surface area contributed by atoms with Crippen molar-refractivity contribution in [3.8, 4) is 0 Å². The Balaban J connectivity index is 2.22. The van der Waals surface area contributed by atoms with E-state index in [0.717, 1.165) is 25.4 Å². The van der Waals surface area contributed by atoms with Crippen LogP contribution in [-0.2, 0) is 11.2 Å². The summed E-state index contributed by atoms with van der Waals surface area (Å²) in [5.41, 5.74) is 0. The summed E-state index contributed by atoms with van der Waals surface area (Å²) in [7, 11) is 1.74. The first-order valence-corrected chi connectivity index (χ1v) is 5.44. The summed E-state index contributed by atoms with van der Waals surface area (Å²) < 4.78 is 5.17. The Labute approximate surface area is 91.4 Å². The van der Waals surface area contributed by atoms with Gasteiger partial charge in [-0.15, -0.1) is 0 Å². The normalized spacial score (nSPS) is 13.3. The molecular weight excluding hydrogens is 190 g/mol. The van der Waals surface area contributed by atoms with E-state index in [2.05, 4.69) is 29.1 Å². The van der Waals surface area contributed by atoms with Gasteiger partial charge in [-0.2, -0.15) is 0 Å². The summed E-state index contributed by atoms with van der Waals surface area (Å²) in [4.78, 5) is 7.27. The monoisotopic (exact) mass is 211 g/mol. The Morgan fingerprint density at radius 2 is 2.33 bits per heavy atom. The highest BCUT2D eigenvalue weighted by atomic mass is 16.5. The molecule has 0 aliphatic carbocycles. The second kappa shape index (κ2) is 6.58. The largest absolute Gasteiger partial charge is 0.383 e.